The third-order valence-corrected chi connectivity index (χ3v) is 2.46. The van der Waals surface area contributed by atoms with Gasteiger partial charge in [-0.3, -0.25) is 4.79 Å². The Hall–Kier alpha value is -1.55. The van der Waals surface area contributed by atoms with Gasteiger partial charge in [0, 0.05) is 5.56 Å². The van der Waals surface area contributed by atoms with Crippen molar-refractivity contribution in [2.75, 3.05) is 0 Å². The first-order valence-corrected chi connectivity index (χ1v) is 4.61. The van der Waals surface area contributed by atoms with E-state index in [1.807, 2.05) is 11.4 Å². The van der Waals surface area contributed by atoms with Gasteiger partial charge in [0.2, 0.25) is 5.78 Å². The number of carbonyl (C=O) groups excluding carboxylic acids is 1. The van der Waals surface area contributed by atoms with Crippen LogP contribution in [0.1, 0.15) is 15.2 Å². The maximum Gasteiger partial charge on any atom is 0.204 e. The van der Waals surface area contributed by atoms with Crippen LogP contribution in [-0.4, -0.2) is 16.0 Å². The van der Waals surface area contributed by atoms with Crippen molar-refractivity contribution in [1.82, 2.24) is 10.2 Å². The van der Waals surface area contributed by atoms with Crippen LogP contribution in [0.25, 0.3) is 0 Å². The van der Waals surface area contributed by atoms with Gasteiger partial charge >= 0.3 is 0 Å². The predicted molar refractivity (Wildman–Crippen MR) is 49.8 cm³/mol. The molecule has 13 heavy (non-hydrogen) atoms. The third-order valence-electron chi connectivity index (χ3n) is 1.59. The summed E-state index contributed by atoms with van der Waals surface area (Å²) in [4.78, 5) is 12.4. The fourth-order valence-corrected chi connectivity index (χ4v) is 1.66. The van der Waals surface area contributed by atoms with Crippen molar-refractivity contribution in [1.29, 1.82) is 0 Å². The molecule has 0 amide bonds. The Bertz CT molecular complexity index is 397. The van der Waals surface area contributed by atoms with E-state index < -0.39 is 0 Å². The summed E-state index contributed by atoms with van der Waals surface area (Å²) >= 11 is 1.43. The van der Waals surface area contributed by atoms with Crippen LogP contribution in [0.3, 0.4) is 0 Å². The Morgan fingerprint density at radius 3 is 2.85 bits per heavy atom. The molecule has 2 rings (SSSR count). The van der Waals surface area contributed by atoms with Gasteiger partial charge in [-0.25, -0.2) is 0 Å². The highest BCUT2D eigenvalue weighted by molar-refractivity contribution is 7.12. The minimum atomic E-state index is 0.00454. The SMILES string of the molecule is O=C(c1ccnnc1)c1cccs1. The lowest BCUT2D eigenvalue weighted by atomic mass is 10.2. The van der Waals surface area contributed by atoms with Gasteiger partial charge in [0.25, 0.3) is 0 Å². The van der Waals surface area contributed by atoms with Gasteiger partial charge in [0.05, 0.1) is 17.3 Å². The quantitative estimate of drug-likeness (QED) is 0.678. The molecule has 4 heteroatoms. The average Bonchev–Trinajstić information content (AvgIpc) is 2.71. The van der Waals surface area contributed by atoms with Crippen LogP contribution >= 0.6 is 11.3 Å². The highest BCUT2D eigenvalue weighted by Gasteiger charge is 2.08. The number of carbonyl (C=O) groups is 1. The Kier molecular flexibility index (Phi) is 2.14. The van der Waals surface area contributed by atoms with Crippen LogP contribution < -0.4 is 0 Å². The molecule has 0 atom stereocenters. The van der Waals surface area contributed by atoms with Gasteiger partial charge in [0.1, 0.15) is 0 Å². The zero-order valence-corrected chi connectivity index (χ0v) is 7.49. The molecule has 64 valence electrons. The van der Waals surface area contributed by atoms with Crippen LogP contribution in [0.15, 0.2) is 36.0 Å². The molecule has 0 bridgehead atoms. The number of rotatable bonds is 2. The summed E-state index contributed by atoms with van der Waals surface area (Å²) in [7, 11) is 0. The van der Waals surface area contributed by atoms with Gasteiger partial charge < -0.3 is 0 Å². The van der Waals surface area contributed by atoms with Gasteiger partial charge in [-0.1, -0.05) is 6.07 Å². The topological polar surface area (TPSA) is 42.9 Å². The summed E-state index contributed by atoms with van der Waals surface area (Å²) in [6.07, 6.45) is 2.99. The van der Waals surface area contributed by atoms with Gasteiger partial charge in [-0.05, 0) is 17.5 Å². The van der Waals surface area contributed by atoms with Gasteiger partial charge in [0.15, 0.2) is 0 Å². The molecule has 2 aromatic rings. The van der Waals surface area contributed by atoms with E-state index in [0.29, 0.717) is 5.56 Å². The minimum absolute atomic E-state index is 0.00454. The molecule has 2 aromatic heterocycles. The zero-order chi connectivity index (χ0) is 9.10. The molecule has 0 N–H and O–H groups in total. The van der Waals surface area contributed by atoms with Crippen LogP contribution in [0.5, 0.6) is 0 Å². The van der Waals surface area contributed by atoms with Crippen molar-refractivity contribution in [3.8, 4) is 0 Å². The second kappa shape index (κ2) is 3.45. The molecule has 3 nitrogen and oxygen atoms in total. The summed E-state index contributed by atoms with van der Waals surface area (Å²) in [5, 5.41) is 9.14. The van der Waals surface area contributed by atoms with Gasteiger partial charge in [-0.2, -0.15) is 10.2 Å². The summed E-state index contributed by atoms with van der Waals surface area (Å²) in [5.41, 5.74) is 0.581. The summed E-state index contributed by atoms with van der Waals surface area (Å²) < 4.78 is 0. The Morgan fingerprint density at radius 2 is 2.23 bits per heavy atom. The standard InChI is InChI=1S/C9H6N2OS/c12-9(8-2-1-5-13-8)7-3-4-10-11-6-7/h1-6H. The Morgan fingerprint density at radius 1 is 1.31 bits per heavy atom. The highest BCUT2D eigenvalue weighted by atomic mass is 32.1. The molecule has 0 saturated carbocycles. The Labute approximate surface area is 79.1 Å². The fraction of sp³-hybridized carbons (Fsp3) is 0. The number of hydrogen-bond acceptors (Lipinski definition) is 4. The van der Waals surface area contributed by atoms with E-state index in [4.69, 9.17) is 0 Å². The van der Waals surface area contributed by atoms with Crippen LogP contribution in [0.4, 0.5) is 0 Å². The van der Waals surface area contributed by atoms with Crippen molar-refractivity contribution in [3.63, 3.8) is 0 Å². The van der Waals surface area contributed by atoms with Crippen molar-refractivity contribution in [3.05, 3.63) is 46.4 Å². The van der Waals surface area contributed by atoms with E-state index in [2.05, 4.69) is 10.2 Å². The molecule has 0 saturated heterocycles. The van der Waals surface area contributed by atoms with E-state index in [1.165, 1.54) is 23.7 Å². The molecule has 2 heterocycles. The number of aromatic nitrogens is 2. The molecule has 0 aromatic carbocycles. The average molecular weight is 190 g/mol. The molecular weight excluding hydrogens is 184 g/mol. The van der Waals surface area contributed by atoms with Gasteiger partial charge in [-0.15, -0.1) is 11.3 Å². The lowest BCUT2D eigenvalue weighted by molar-refractivity contribution is 0.104. The van der Waals surface area contributed by atoms with E-state index in [0.717, 1.165) is 4.88 Å². The second-order valence-corrected chi connectivity index (χ2v) is 3.39. The molecule has 0 unspecified atom stereocenters. The first-order valence-electron chi connectivity index (χ1n) is 3.73. The number of ketones is 1. The minimum Gasteiger partial charge on any atom is -0.288 e. The largest absolute Gasteiger partial charge is 0.288 e. The fourth-order valence-electron chi connectivity index (χ4n) is 0.975. The normalized spacial score (nSPS) is 9.85. The maximum atomic E-state index is 11.7. The monoisotopic (exact) mass is 190 g/mol. The highest BCUT2D eigenvalue weighted by Crippen LogP contribution is 2.13. The van der Waals surface area contributed by atoms with Crippen LogP contribution in [0.2, 0.25) is 0 Å². The first-order chi connectivity index (χ1) is 6.38. The van der Waals surface area contributed by atoms with Crippen molar-refractivity contribution < 1.29 is 4.79 Å². The molecular formula is C9H6N2OS. The third kappa shape index (κ3) is 1.62. The van der Waals surface area contributed by atoms with Crippen LogP contribution in [-0.2, 0) is 0 Å². The van der Waals surface area contributed by atoms with Crippen molar-refractivity contribution in [2.24, 2.45) is 0 Å². The molecule has 0 fully saturated rings. The van der Waals surface area contributed by atoms with E-state index in [1.54, 1.807) is 12.1 Å². The summed E-state index contributed by atoms with van der Waals surface area (Å²) in [5.74, 6) is 0.00454. The van der Waals surface area contributed by atoms with Crippen molar-refractivity contribution in [2.45, 2.75) is 0 Å². The van der Waals surface area contributed by atoms with E-state index in [-0.39, 0.29) is 5.78 Å². The lowest BCUT2D eigenvalue weighted by Crippen LogP contribution is -1.99. The lowest BCUT2D eigenvalue weighted by Gasteiger charge is -1.94. The summed E-state index contributed by atoms with van der Waals surface area (Å²) in [6.45, 7) is 0. The molecule has 0 aliphatic carbocycles. The predicted octanol–water partition coefficient (Wildman–Crippen LogP) is 1.77. The van der Waals surface area contributed by atoms with E-state index in [9.17, 15) is 4.79 Å². The summed E-state index contributed by atoms with van der Waals surface area (Å²) in [6, 6.07) is 5.31. The molecule has 0 aliphatic rings. The van der Waals surface area contributed by atoms with E-state index >= 15 is 0 Å². The van der Waals surface area contributed by atoms with Crippen molar-refractivity contribution >= 4 is 17.1 Å². The smallest absolute Gasteiger partial charge is 0.204 e. The second-order valence-electron chi connectivity index (χ2n) is 2.44. The maximum absolute atomic E-state index is 11.7. The zero-order valence-electron chi connectivity index (χ0n) is 6.68. The first kappa shape index (κ1) is 8.07. The molecule has 0 aliphatic heterocycles. The number of hydrogen-bond donors (Lipinski definition) is 0. The molecule has 0 spiro atoms. The number of nitrogens with zero attached hydrogens (tertiary/aromatic N) is 2. The number of thiophene rings is 1. The van der Waals surface area contributed by atoms with Crippen LogP contribution in [0, 0.1) is 0 Å². The molecule has 0 radical (unpaired) electrons. The Balaban J connectivity index is 2.34.